The Morgan fingerprint density at radius 3 is 2.12 bits per heavy atom. The molecule has 0 aliphatic heterocycles. The summed E-state index contributed by atoms with van der Waals surface area (Å²) in [6, 6.07) is 6.91. The molecule has 0 spiro atoms. The van der Waals surface area contributed by atoms with Gasteiger partial charge in [-0.3, -0.25) is 0 Å². The zero-order valence-electron chi connectivity index (χ0n) is 9.63. The van der Waals surface area contributed by atoms with Crippen LogP contribution in [0.25, 0.3) is 0 Å². The van der Waals surface area contributed by atoms with E-state index < -0.39 is 12.2 Å². The second-order valence-corrected chi connectivity index (χ2v) is 4.13. The summed E-state index contributed by atoms with van der Waals surface area (Å²) in [6.45, 7) is 1.98. The van der Waals surface area contributed by atoms with Gasteiger partial charge in [-0.05, 0) is 37.0 Å². The third kappa shape index (κ3) is 4.21. The molecule has 0 saturated heterocycles. The number of hydrogen-bond donors (Lipinski definition) is 3. The van der Waals surface area contributed by atoms with Gasteiger partial charge >= 0.3 is 0 Å². The maximum atomic E-state index is 9.67. The number of aliphatic hydroxyl groups excluding tert-OH is 2. The SMILES string of the molecule is CCCC(O)C(O)CCc1ccc(O)cc1. The molecule has 3 heteroatoms. The molecular formula is C13H20O3. The summed E-state index contributed by atoms with van der Waals surface area (Å²) in [5.41, 5.74) is 1.06. The summed E-state index contributed by atoms with van der Waals surface area (Å²) < 4.78 is 0. The molecule has 0 aromatic heterocycles. The Balaban J connectivity index is 2.36. The van der Waals surface area contributed by atoms with Gasteiger partial charge in [0.1, 0.15) is 5.75 Å². The highest BCUT2D eigenvalue weighted by Crippen LogP contribution is 2.14. The molecule has 2 atom stereocenters. The van der Waals surface area contributed by atoms with Gasteiger partial charge in [0.2, 0.25) is 0 Å². The molecule has 16 heavy (non-hydrogen) atoms. The predicted molar refractivity (Wildman–Crippen MR) is 63.3 cm³/mol. The first-order valence-electron chi connectivity index (χ1n) is 5.77. The maximum absolute atomic E-state index is 9.67. The Kier molecular flexibility index (Phi) is 5.29. The second-order valence-electron chi connectivity index (χ2n) is 4.13. The number of phenolic OH excluding ortho intramolecular Hbond substituents is 1. The van der Waals surface area contributed by atoms with Crippen LogP contribution in [0.2, 0.25) is 0 Å². The van der Waals surface area contributed by atoms with E-state index in [1.807, 2.05) is 19.1 Å². The molecule has 1 aromatic rings. The summed E-state index contributed by atoms with van der Waals surface area (Å²) in [4.78, 5) is 0. The van der Waals surface area contributed by atoms with Gasteiger partial charge in [-0.25, -0.2) is 0 Å². The number of aromatic hydroxyl groups is 1. The Labute approximate surface area is 96.4 Å². The fourth-order valence-electron chi connectivity index (χ4n) is 1.66. The zero-order valence-corrected chi connectivity index (χ0v) is 9.63. The number of phenols is 1. The van der Waals surface area contributed by atoms with E-state index in [4.69, 9.17) is 5.11 Å². The molecule has 0 fully saturated rings. The minimum Gasteiger partial charge on any atom is -0.508 e. The van der Waals surface area contributed by atoms with Crippen LogP contribution in [-0.4, -0.2) is 27.5 Å². The fraction of sp³-hybridized carbons (Fsp3) is 0.538. The summed E-state index contributed by atoms with van der Waals surface area (Å²) in [7, 11) is 0. The zero-order chi connectivity index (χ0) is 12.0. The molecule has 0 radical (unpaired) electrons. The van der Waals surface area contributed by atoms with Gasteiger partial charge in [0.25, 0.3) is 0 Å². The van der Waals surface area contributed by atoms with E-state index in [0.717, 1.165) is 12.0 Å². The van der Waals surface area contributed by atoms with Gasteiger partial charge < -0.3 is 15.3 Å². The Morgan fingerprint density at radius 2 is 1.56 bits per heavy atom. The lowest BCUT2D eigenvalue weighted by atomic mass is 10.0. The quantitative estimate of drug-likeness (QED) is 0.691. The van der Waals surface area contributed by atoms with Crippen molar-refractivity contribution in [1.82, 2.24) is 0 Å². The maximum Gasteiger partial charge on any atom is 0.115 e. The molecule has 1 aromatic carbocycles. The van der Waals surface area contributed by atoms with Crippen LogP contribution in [0.15, 0.2) is 24.3 Å². The lowest BCUT2D eigenvalue weighted by Crippen LogP contribution is -2.26. The van der Waals surface area contributed by atoms with Crippen molar-refractivity contribution in [3.05, 3.63) is 29.8 Å². The average Bonchev–Trinajstić information content (AvgIpc) is 2.28. The molecule has 0 aliphatic carbocycles. The van der Waals surface area contributed by atoms with Crippen molar-refractivity contribution in [2.75, 3.05) is 0 Å². The second kappa shape index (κ2) is 6.51. The summed E-state index contributed by atoms with van der Waals surface area (Å²) in [5.74, 6) is 0.246. The van der Waals surface area contributed by atoms with Crippen LogP contribution < -0.4 is 0 Å². The number of benzene rings is 1. The van der Waals surface area contributed by atoms with Crippen LogP contribution >= 0.6 is 0 Å². The van der Waals surface area contributed by atoms with E-state index in [1.165, 1.54) is 0 Å². The van der Waals surface area contributed by atoms with E-state index in [1.54, 1.807) is 12.1 Å². The average molecular weight is 224 g/mol. The predicted octanol–water partition coefficient (Wildman–Crippen LogP) is 1.85. The highest BCUT2D eigenvalue weighted by Gasteiger charge is 2.14. The van der Waals surface area contributed by atoms with Gasteiger partial charge in [0.05, 0.1) is 12.2 Å². The highest BCUT2D eigenvalue weighted by atomic mass is 16.3. The smallest absolute Gasteiger partial charge is 0.115 e. The summed E-state index contributed by atoms with van der Waals surface area (Å²) >= 11 is 0. The molecule has 0 amide bonds. The summed E-state index contributed by atoms with van der Waals surface area (Å²) in [6.07, 6.45) is 1.48. The molecule has 0 heterocycles. The monoisotopic (exact) mass is 224 g/mol. The Bertz CT molecular complexity index is 295. The standard InChI is InChI=1S/C13H20O3/c1-2-3-12(15)13(16)9-6-10-4-7-11(14)8-5-10/h4-5,7-8,12-16H,2-3,6,9H2,1H3. The van der Waals surface area contributed by atoms with Crippen LogP contribution in [0.1, 0.15) is 31.7 Å². The van der Waals surface area contributed by atoms with E-state index in [0.29, 0.717) is 19.3 Å². The molecule has 2 unspecified atom stereocenters. The molecule has 0 saturated carbocycles. The fourth-order valence-corrected chi connectivity index (χ4v) is 1.66. The lowest BCUT2D eigenvalue weighted by molar-refractivity contribution is 0.00981. The van der Waals surface area contributed by atoms with Gasteiger partial charge in [-0.1, -0.05) is 25.5 Å². The minimum absolute atomic E-state index is 0.246. The number of hydrogen-bond acceptors (Lipinski definition) is 3. The van der Waals surface area contributed by atoms with E-state index in [9.17, 15) is 10.2 Å². The Morgan fingerprint density at radius 1 is 1.00 bits per heavy atom. The number of aliphatic hydroxyl groups is 2. The van der Waals surface area contributed by atoms with Crippen LogP contribution in [-0.2, 0) is 6.42 Å². The third-order valence-corrected chi connectivity index (χ3v) is 2.69. The summed E-state index contributed by atoms with van der Waals surface area (Å²) in [5, 5.41) is 28.3. The van der Waals surface area contributed by atoms with Gasteiger partial charge in [-0.15, -0.1) is 0 Å². The van der Waals surface area contributed by atoms with Crippen LogP contribution in [0.3, 0.4) is 0 Å². The van der Waals surface area contributed by atoms with Crippen molar-refractivity contribution in [2.24, 2.45) is 0 Å². The minimum atomic E-state index is -0.659. The van der Waals surface area contributed by atoms with Gasteiger partial charge in [0.15, 0.2) is 0 Å². The van der Waals surface area contributed by atoms with Crippen molar-refractivity contribution >= 4 is 0 Å². The van der Waals surface area contributed by atoms with Crippen molar-refractivity contribution in [2.45, 2.75) is 44.8 Å². The number of rotatable bonds is 6. The van der Waals surface area contributed by atoms with Crippen molar-refractivity contribution in [1.29, 1.82) is 0 Å². The number of aryl methyl sites for hydroxylation is 1. The van der Waals surface area contributed by atoms with E-state index >= 15 is 0 Å². The van der Waals surface area contributed by atoms with Gasteiger partial charge in [-0.2, -0.15) is 0 Å². The van der Waals surface area contributed by atoms with Crippen LogP contribution in [0, 0.1) is 0 Å². The first-order chi connectivity index (χ1) is 7.63. The van der Waals surface area contributed by atoms with E-state index in [-0.39, 0.29) is 5.75 Å². The van der Waals surface area contributed by atoms with Crippen LogP contribution in [0.4, 0.5) is 0 Å². The molecular weight excluding hydrogens is 204 g/mol. The molecule has 3 N–H and O–H groups in total. The van der Waals surface area contributed by atoms with Gasteiger partial charge in [0, 0.05) is 0 Å². The highest BCUT2D eigenvalue weighted by molar-refractivity contribution is 5.25. The van der Waals surface area contributed by atoms with E-state index in [2.05, 4.69) is 0 Å². The Hall–Kier alpha value is -1.06. The third-order valence-electron chi connectivity index (χ3n) is 2.69. The first-order valence-corrected chi connectivity index (χ1v) is 5.77. The molecule has 0 bridgehead atoms. The van der Waals surface area contributed by atoms with Crippen LogP contribution in [0.5, 0.6) is 5.75 Å². The molecule has 0 aliphatic rings. The molecule has 3 nitrogen and oxygen atoms in total. The normalized spacial score (nSPS) is 14.7. The first kappa shape index (κ1) is 13.0. The molecule has 1 rings (SSSR count). The topological polar surface area (TPSA) is 60.7 Å². The van der Waals surface area contributed by atoms with Crippen molar-refractivity contribution in [3.63, 3.8) is 0 Å². The largest absolute Gasteiger partial charge is 0.508 e. The molecule has 90 valence electrons. The van der Waals surface area contributed by atoms with Crippen molar-refractivity contribution < 1.29 is 15.3 Å². The lowest BCUT2D eigenvalue weighted by Gasteiger charge is -2.16. The van der Waals surface area contributed by atoms with Crippen molar-refractivity contribution in [3.8, 4) is 5.75 Å².